The summed E-state index contributed by atoms with van der Waals surface area (Å²) in [6.07, 6.45) is 4.89. The summed E-state index contributed by atoms with van der Waals surface area (Å²) in [4.78, 5) is 0. The van der Waals surface area contributed by atoms with Crippen LogP contribution in [0.4, 0.5) is 5.69 Å². The van der Waals surface area contributed by atoms with Crippen LogP contribution in [-0.2, 0) is 0 Å². The summed E-state index contributed by atoms with van der Waals surface area (Å²) in [6.45, 7) is 3.04. The molecule has 0 amide bonds. The van der Waals surface area contributed by atoms with Crippen molar-refractivity contribution >= 4 is 21.6 Å². The number of hydrogen-bond acceptors (Lipinski definition) is 2. The van der Waals surface area contributed by atoms with E-state index in [4.69, 9.17) is 5.73 Å². The first kappa shape index (κ1) is 12.9. The molecule has 1 fully saturated rings. The Morgan fingerprint density at radius 2 is 2.00 bits per heavy atom. The number of anilines is 1. The van der Waals surface area contributed by atoms with Crippen molar-refractivity contribution in [3.63, 3.8) is 0 Å². The van der Waals surface area contributed by atoms with Crippen LogP contribution in [0.5, 0.6) is 0 Å². The lowest BCUT2D eigenvalue weighted by atomic mass is 9.77. The van der Waals surface area contributed by atoms with Crippen LogP contribution in [0.1, 0.15) is 32.6 Å². The van der Waals surface area contributed by atoms with E-state index in [2.05, 4.69) is 46.4 Å². The van der Waals surface area contributed by atoms with Gasteiger partial charge < -0.3 is 11.1 Å². The first-order valence-electron chi connectivity index (χ1n) is 6.38. The minimum Gasteiger partial charge on any atom is -0.377 e. The van der Waals surface area contributed by atoms with Gasteiger partial charge in [-0.05, 0) is 59.7 Å². The number of para-hydroxylation sites is 1. The van der Waals surface area contributed by atoms with Crippen LogP contribution in [0, 0.1) is 5.92 Å². The van der Waals surface area contributed by atoms with Gasteiger partial charge in [-0.2, -0.15) is 0 Å². The molecule has 0 spiro atoms. The van der Waals surface area contributed by atoms with Crippen LogP contribution >= 0.6 is 15.9 Å². The van der Waals surface area contributed by atoms with Gasteiger partial charge in [0.25, 0.3) is 0 Å². The molecule has 2 nitrogen and oxygen atoms in total. The molecule has 17 heavy (non-hydrogen) atoms. The molecule has 0 saturated heterocycles. The molecule has 0 heterocycles. The minimum atomic E-state index is 0.0936. The van der Waals surface area contributed by atoms with Crippen molar-refractivity contribution < 1.29 is 0 Å². The Labute approximate surface area is 112 Å². The lowest BCUT2D eigenvalue weighted by Crippen LogP contribution is -2.48. The molecule has 0 aliphatic heterocycles. The Bertz CT molecular complexity index is 370. The van der Waals surface area contributed by atoms with E-state index in [0.29, 0.717) is 6.54 Å². The molecule has 1 aromatic rings. The van der Waals surface area contributed by atoms with Crippen molar-refractivity contribution in [3.8, 4) is 0 Å². The molecule has 0 radical (unpaired) electrons. The Morgan fingerprint density at radius 1 is 1.35 bits per heavy atom. The Kier molecular flexibility index (Phi) is 4.10. The third-order valence-corrected chi connectivity index (χ3v) is 4.59. The highest BCUT2D eigenvalue weighted by Crippen LogP contribution is 2.35. The molecule has 1 aliphatic carbocycles. The summed E-state index contributed by atoms with van der Waals surface area (Å²) < 4.78 is 1.12. The average Bonchev–Trinajstić information content (AvgIpc) is 2.35. The van der Waals surface area contributed by atoms with Gasteiger partial charge in [-0.15, -0.1) is 0 Å². The molecule has 0 aromatic heterocycles. The van der Waals surface area contributed by atoms with Crippen LogP contribution in [0.3, 0.4) is 0 Å². The van der Waals surface area contributed by atoms with Crippen molar-refractivity contribution in [1.82, 2.24) is 0 Å². The van der Waals surface area contributed by atoms with Crippen molar-refractivity contribution in [2.75, 3.05) is 11.9 Å². The zero-order valence-electron chi connectivity index (χ0n) is 10.4. The quantitative estimate of drug-likeness (QED) is 0.891. The van der Waals surface area contributed by atoms with E-state index in [-0.39, 0.29) is 5.54 Å². The van der Waals surface area contributed by atoms with Crippen molar-refractivity contribution in [2.24, 2.45) is 11.7 Å². The summed E-state index contributed by atoms with van der Waals surface area (Å²) in [5.74, 6) is 0.843. The van der Waals surface area contributed by atoms with Gasteiger partial charge in [0.15, 0.2) is 0 Å². The second-order valence-electron chi connectivity index (χ2n) is 5.27. The molecule has 1 saturated carbocycles. The summed E-state index contributed by atoms with van der Waals surface area (Å²) in [5, 5.41) is 3.66. The largest absolute Gasteiger partial charge is 0.377 e. The van der Waals surface area contributed by atoms with Crippen LogP contribution in [0.25, 0.3) is 0 Å². The van der Waals surface area contributed by atoms with E-state index in [1.807, 2.05) is 6.07 Å². The lowest BCUT2D eigenvalue weighted by Gasteiger charge is -2.40. The number of rotatable bonds is 3. The fourth-order valence-corrected chi connectivity index (χ4v) is 2.93. The zero-order valence-corrected chi connectivity index (χ0v) is 12.0. The first-order valence-corrected chi connectivity index (χ1v) is 7.17. The summed E-state index contributed by atoms with van der Waals surface area (Å²) >= 11 is 3.58. The maximum Gasteiger partial charge on any atom is 0.0496 e. The van der Waals surface area contributed by atoms with E-state index >= 15 is 0 Å². The lowest BCUT2D eigenvalue weighted by molar-refractivity contribution is 0.271. The van der Waals surface area contributed by atoms with Crippen molar-refractivity contribution in [3.05, 3.63) is 28.7 Å². The van der Waals surface area contributed by atoms with Crippen LogP contribution in [0.15, 0.2) is 28.7 Å². The van der Waals surface area contributed by atoms with Gasteiger partial charge >= 0.3 is 0 Å². The molecule has 1 aromatic carbocycles. The molecular weight excluding hydrogens is 276 g/mol. The molecule has 3 heteroatoms. The fraction of sp³-hybridized carbons (Fsp3) is 0.571. The second-order valence-corrected chi connectivity index (χ2v) is 6.13. The number of halogens is 1. The van der Waals surface area contributed by atoms with Gasteiger partial charge in [-0.1, -0.05) is 19.1 Å². The van der Waals surface area contributed by atoms with E-state index < -0.39 is 0 Å². The highest BCUT2D eigenvalue weighted by atomic mass is 79.9. The highest BCUT2D eigenvalue weighted by molar-refractivity contribution is 9.10. The smallest absolute Gasteiger partial charge is 0.0496 e. The number of nitrogens with one attached hydrogen (secondary N) is 1. The van der Waals surface area contributed by atoms with Crippen LogP contribution in [0.2, 0.25) is 0 Å². The Morgan fingerprint density at radius 3 is 2.59 bits per heavy atom. The molecule has 0 unspecified atom stereocenters. The molecule has 94 valence electrons. The SMILES string of the molecule is CC1CCC(CN)(Nc2ccccc2Br)CC1. The van der Waals surface area contributed by atoms with Crippen LogP contribution in [-0.4, -0.2) is 12.1 Å². The fourth-order valence-electron chi connectivity index (χ4n) is 2.54. The number of nitrogens with two attached hydrogens (primary N) is 1. The van der Waals surface area contributed by atoms with E-state index in [1.54, 1.807) is 0 Å². The summed E-state index contributed by atoms with van der Waals surface area (Å²) in [6, 6.07) is 8.27. The number of benzene rings is 1. The molecule has 1 aliphatic rings. The molecule has 0 bridgehead atoms. The second kappa shape index (κ2) is 5.40. The first-order chi connectivity index (χ1) is 8.15. The summed E-state index contributed by atoms with van der Waals surface area (Å²) in [7, 11) is 0. The Hall–Kier alpha value is -0.540. The molecular formula is C14H21BrN2. The predicted octanol–water partition coefficient (Wildman–Crippen LogP) is 3.77. The van der Waals surface area contributed by atoms with Gasteiger partial charge in [0, 0.05) is 22.2 Å². The van der Waals surface area contributed by atoms with Gasteiger partial charge in [-0.3, -0.25) is 0 Å². The third kappa shape index (κ3) is 3.02. The maximum absolute atomic E-state index is 6.00. The maximum atomic E-state index is 6.00. The highest BCUT2D eigenvalue weighted by Gasteiger charge is 2.32. The van der Waals surface area contributed by atoms with Crippen LogP contribution < -0.4 is 11.1 Å². The monoisotopic (exact) mass is 296 g/mol. The number of hydrogen-bond donors (Lipinski definition) is 2. The topological polar surface area (TPSA) is 38.0 Å². The molecule has 2 rings (SSSR count). The van der Waals surface area contributed by atoms with E-state index in [1.165, 1.54) is 25.7 Å². The predicted molar refractivity (Wildman–Crippen MR) is 77.2 cm³/mol. The standard InChI is InChI=1S/C14H21BrN2/c1-11-6-8-14(10-16,9-7-11)17-13-5-3-2-4-12(13)15/h2-5,11,17H,6-10,16H2,1H3. The molecule has 3 N–H and O–H groups in total. The minimum absolute atomic E-state index is 0.0936. The zero-order chi connectivity index (χ0) is 12.3. The van der Waals surface area contributed by atoms with E-state index in [9.17, 15) is 0 Å². The normalized spacial score (nSPS) is 29.0. The third-order valence-electron chi connectivity index (χ3n) is 3.90. The van der Waals surface area contributed by atoms with Gasteiger partial charge in [0.05, 0.1) is 0 Å². The average molecular weight is 297 g/mol. The van der Waals surface area contributed by atoms with Gasteiger partial charge in [-0.25, -0.2) is 0 Å². The summed E-state index contributed by atoms with van der Waals surface area (Å²) in [5.41, 5.74) is 7.26. The Balaban J connectivity index is 2.12. The van der Waals surface area contributed by atoms with E-state index in [0.717, 1.165) is 16.1 Å². The van der Waals surface area contributed by atoms with Gasteiger partial charge in [0.2, 0.25) is 0 Å². The van der Waals surface area contributed by atoms with Crippen molar-refractivity contribution in [1.29, 1.82) is 0 Å². The van der Waals surface area contributed by atoms with Crippen molar-refractivity contribution in [2.45, 2.75) is 38.1 Å². The molecule has 0 atom stereocenters. The van der Waals surface area contributed by atoms with Gasteiger partial charge in [0.1, 0.15) is 0 Å².